The van der Waals surface area contributed by atoms with Crippen molar-refractivity contribution in [3.8, 4) is 0 Å². The van der Waals surface area contributed by atoms with Gasteiger partial charge in [0, 0.05) is 12.6 Å². The standard InChI is InChI=1S/C13H18F3N3O.2ClH/c14-13(15,16)12(20)19-8-9-1-6-18-11(7-9)10-2-4-17-5-3-10;;/h1,6-7,10-11,17-18H,2-5,8H2,(H,19,20);2*1H. The molecule has 0 radical (unpaired) electrons. The van der Waals surface area contributed by atoms with Crippen molar-refractivity contribution in [2.45, 2.75) is 25.1 Å². The van der Waals surface area contributed by atoms with Gasteiger partial charge in [0.15, 0.2) is 0 Å². The third-order valence-corrected chi connectivity index (χ3v) is 3.58. The van der Waals surface area contributed by atoms with Crippen LogP contribution in [0.4, 0.5) is 13.2 Å². The van der Waals surface area contributed by atoms with Crippen LogP contribution in [-0.2, 0) is 4.79 Å². The Morgan fingerprint density at radius 3 is 2.50 bits per heavy atom. The molecule has 0 aliphatic carbocycles. The summed E-state index contributed by atoms with van der Waals surface area (Å²) in [7, 11) is 0. The summed E-state index contributed by atoms with van der Waals surface area (Å²) in [4.78, 5) is 10.8. The normalized spacial score (nSPS) is 21.8. The van der Waals surface area contributed by atoms with Crippen LogP contribution in [0.3, 0.4) is 0 Å². The van der Waals surface area contributed by atoms with E-state index in [1.807, 2.05) is 11.4 Å². The number of nitrogens with one attached hydrogen (secondary N) is 3. The van der Waals surface area contributed by atoms with Crippen LogP contribution < -0.4 is 16.0 Å². The number of piperidine rings is 1. The quantitative estimate of drug-likeness (QED) is 0.719. The van der Waals surface area contributed by atoms with Crippen molar-refractivity contribution in [1.82, 2.24) is 16.0 Å². The minimum Gasteiger partial charge on any atom is -0.384 e. The van der Waals surface area contributed by atoms with Gasteiger partial charge in [0.25, 0.3) is 0 Å². The van der Waals surface area contributed by atoms with E-state index in [2.05, 4.69) is 10.6 Å². The van der Waals surface area contributed by atoms with Crippen LogP contribution in [0.2, 0.25) is 0 Å². The summed E-state index contributed by atoms with van der Waals surface area (Å²) in [6.07, 6.45) is 2.57. The maximum atomic E-state index is 12.1. The molecule has 1 fully saturated rings. The SMILES string of the molecule is Cl.Cl.O=C(NCC1=CC(C2CCNCC2)NC=C1)C(F)(F)F. The van der Waals surface area contributed by atoms with Crippen LogP contribution in [0, 0.1) is 5.92 Å². The van der Waals surface area contributed by atoms with Gasteiger partial charge in [0.05, 0.1) is 0 Å². The van der Waals surface area contributed by atoms with E-state index in [1.54, 1.807) is 12.3 Å². The number of alkyl halides is 3. The van der Waals surface area contributed by atoms with Crippen molar-refractivity contribution in [3.63, 3.8) is 0 Å². The van der Waals surface area contributed by atoms with Gasteiger partial charge in [-0.15, -0.1) is 24.8 Å². The number of hydrogen-bond acceptors (Lipinski definition) is 3. The molecule has 0 bridgehead atoms. The van der Waals surface area contributed by atoms with Gasteiger partial charge in [-0.05, 0) is 49.7 Å². The van der Waals surface area contributed by atoms with Gasteiger partial charge in [0.2, 0.25) is 0 Å². The number of rotatable bonds is 3. The second-order valence-electron chi connectivity index (χ2n) is 5.04. The molecular formula is C13H20Cl2F3N3O. The van der Waals surface area contributed by atoms with Crippen LogP contribution in [0.25, 0.3) is 0 Å². The summed E-state index contributed by atoms with van der Waals surface area (Å²) in [5.74, 6) is -1.43. The zero-order valence-corrected chi connectivity index (χ0v) is 13.4. The lowest BCUT2D eigenvalue weighted by Crippen LogP contribution is -2.41. The highest BCUT2D eigenvalue weighted by molar-refractivity contribution is 5.85. The minimum atomic E-state index is -4.83. The van der Waals surface area contributed by atoms with E-state index in [-0.39, 0.29) is 37.4 Å². The first-order chi connectivity index (χ1) is 9.47. The summed E-state index contributed by atoms with van der Waals surface area (Å²) >= 11 is 0. The number of amides is 1. The highest BCUT2D eigenvalue weighted by Crippen LogP contribution is 2.21. The maximum Gasteiger partial charge on any atom is 0.471 e. The van der Waals surface area contributed by atoms with Gasteiger partial charge < -0.3 is 16.0 Å². The summed E-state index contributed by atoms with van der Waals surface area (Å²) in [5, 5.41) is 8.38. The second-order valence-corrected chi connectivity index (χ2v) is 5.04. The molecular weight excluding hydrogens is 342 g/mol. The minimum absolute atomic E-state index is 0. The van der Waals surface area contributed by atoms with E-state index in [9.17, 15) is 18.0 Å². The van der Waals surface area contributed by atoms with E-state index < -0.39 is 12.1 Å². The third kappa shape index (κ3) is 6.06. The number of hydrogen-bond donors (Lipinski definition) is 3. The molecule has 0 spiro atoms. The molecule has 128 valence electrons. The van der Waals surface area contributed by atoms with Crippen LogP contribution in [0.5, 0.6) is 0 Å². The van der Waals surface area contributed by atoms with Gasteiger partial charge >= 0.3 is 12.1 Å². The van der Waals surface area contributed by atoms with Gasteiger partial charge in [-0.2, -0.15) is 13.2 Å². The van der Waals surface area contributed by atoms with Crippen LogP contribution >= 0.6 is 24.8 Å². The van der Waals surface area contributed by atoms with Gasteiger partial charge in [-0.1, -0.05) is 6.08 Å². The molecule has 4 nitrogen and oxygen atoms in total. The molecule has 2 aliphatic rings. The van der Waals surface area contributed by atoms with Crippen molar-refractivity contribution < 1.29 is 18.0 Å². The van der Waals surface area contributed by atoms with E-state index in [1.165, 1.54) is 0 Å². The first-order valence-electron chi connectivity index (χ1n) is 6.66. The van der Waals surface area contributed by atoms with Crippen LogP contribution in [0.15, 0.2) is 23.9 Å². The number of dihydropyridines is 1. The topological polar surface area (TPSA) is 53.2 Å². The Bertz CT molecular complexity index is 421. The Hall–Kier alpha value is -0.920. The molecule has 9 heteroatoms. The fourth-order valence-corrected chi connectivity index (χ4v) is 2.48. The number of carbonyl (C=O) groups is 1. The summed E-state index contributed by atoms with van der Waals surface area (Å²) in [6, 6.07) is 0.125. The summed E-state index contributed by atoms with van der Waals surface area (Å²) in [5.41, 5.74) is 0.699. The molecule has 0 aromatic carbocycles. The third-order valence-electron chi connectivity index (χ3n) is 3.58. The molecule has 1 unspecified atom stereocenters. The maximum absolute atomic E-state index is 12.1. The predicted octanol–water partition coefficient (Wildman–Crippen LogP) is 1.92. The first-order valence-corrected chi connectivity index (χ1v) is 6.66. The Morgan fingerprint density at radius 2 is 1.91 bits per heavy atom. The molecule has 0 saturated carbocycles. The van der Waals surface area contributed by atoms with Crippen molar-refractivity contribution >= 4 is 30.7 Å². The molecule has 2 aliphatic heterocycles. The zero-order chi connectivity index (χ0) is 14.6. The molecule has 1 atom stereocenters. The van der Waals surface area contributed by atoms with Crippen molar-refractivity contribution in [3.05, 3.63) is 23.9 Å². The van der Waals surface area contributed by atoms with Gasteiger partial charge in [-0.25, -0.2) is 0 Å². The number of carbonyl (C=O) groups excluding carboxylic acids is 1. The first kappa shape index (κ1) is 21.1. The van der Waals surface area contributed by atoms with Gasteiger partial charge in [0.1, 0.15) is 0 Å². The number of halogens is 5. The van der Waals surface area contributed by atoms with Crippen molar-refractivity contribution in [1.29, 1.82) is 0 Å². The van der Waals surface area contributed by atoms with E-state index >= 15 is 0 Å². The highest BCUT2D eigenvalue weighted by atomic mass is 35.5. The molecule has 0 aromatic rings. The summed E-state index contributed by atoms with van der Waals surface area (Å²) < 4.78 is 36.3. The van der Waals surface area contributed by atoms with Crippen LogP contribution in [-0.4, -0.2) is 37.8 Å². The van der Waals surface area contributed by atoms with Crippen molar-refractivity contribution in [2.24, 2.45) is 5.92 Å². The lowest BCUT2D eigenvalue weighted by molar-refractivity contribution is -0.173. The fraction of sp³-hybridized carbons (Fsp3) is 0.615. The smallest absolute Gasteiger partial charge is 0.384 e. The highest BCUT2D eigenvalue weighted by Gasteiger charge is 2.38. The average molecular weight is 362 g/mol. The fourth-order valence-electron chi connectivity index (χ4n) is 2.48. The zero-order valence-electron chi connectivity index (χ0n) is 11.8. The predicted molar refractivity (Wildman–Crippen MR) is 83.3 cm³/mol. The Kier molecular flexibility index (Phi) is 8.88. The van der Waals surface area contributed by atoms with E-state index in [0.29, 0.717) is 11.5 Å². The molecule has 2 heterocycles. The van der Waals surface area contributed by atoms with Crippen LogP contribution in [0.1, 0.15) is 12.8 Å². The largest absolute Gasteiger partial charge is 0.471 e. The molecule has 22 heavy (non-hydrogen) atoms. The lowest BCUT2D eigenvalue weighted by atomic mass is 9.88. The molecule has 3 N–H and O–H groups in total. The monoisotopic (exact) mass is 361 g/mol. The average Bonchev–Trinajstić information content (AvgIpc) is 2.45. The molecule has 0 aromatic heterocycles. The van der Waals surface area contributed by atoms with E-state index in [0.717, 1.165) is 25.9 Å². The molecule has 1 saturated heterocycles. The van der Waals surface area contributed by atoms with E-state index in [4.69, 9.17) is 0 Å². The Labute approximate surface area is 139 Å². The van der Waals surface area contributed by atoms with Gasteiger partial charge in [-0.3, -0.25) is 4.79 Å². The second kappa shape index (κ2) is 9.27. The summed E-state index contributed by atoms with van der Waals surface area (Å²) in [6.45, 7) is 1.82. The van der Waals surface area contributed by atoms with Crippen molar-refractivity contribution in [2.75, 3.05) is 19.6 Å². The Balaban J connectivity index is 0.00000220. The lowest BCUT2D eigenvalue weighted by Gasteiger charge is -2.31. The Morgan fingerprint density at radius 1 is 1.27 bits per heavy atom. The molecule has 1 amide bonds. The molecule has 2 rings (SSSR count).